The predicted octanol–water partition coefficient (Wildman–Crippen LogP) is 1.24. The monoisotopic (exact) mass is 160 g/mol. The van der Waals surface area contributed by atoms with E-state index in [1.54, 1.807) is 18.2 Å². The molecule has 0 heterocycles. The highest BCUT2D eigenvalue weighted by Crippen LogP contribution is 2.16. The zero-order valence-corrected chi connectivity index (χ0v) is 6.44. The number of rotatable bonds is 2. The minimum Gasteiger partial charge on any atom is -0.299 e. The van der Waals surface area contributed by atoms with E-state index in [4.69, 9.17) is 0 Å². The summed E-state index contributed by atoms with van der Waals surface area (Å²) in [6.07, 6.45) is 10.9. The third-order valence-electron chi connectivity index (χ3n) is 1.58. The van der Waals surface area contributed by atoms with E-state index in [0.29, 0.717) is 11.9 Å². The Hall–Kier alpha value is -1.66. The van der Waals surface area contributed by atoms with Gasteiger partial charge in [0, 0.05) is 11.5 Å². The van der Waals surface area contributed by atoms with Crippen molar-refractivity contribution in [2.45, 2.75) is 0 Å². The molecule has 0 spiro atoms. The molecule has 60 valence electrons. The van der Waals surface area contributed by atoms with E-state index >= 15 is 0 Å². The van der Waals surface area contributed by atoms with Gasteiger partial charge in [0.15, 0.2) is 0 Å². The number of carbonyl (C=O) groups excluding carboxylic acids is 2. The van der Waals surface area contributed by atoms with E-state index in [-0.39, 0.29) is 5.92 Å². The van der Waals surface area contributed by atoms with E-state index < -0.39 is 0 Å². The van der Waals surface area contributed by atoms with Crippen molar-refractivity contribution >= 4 is 12.2 Å². The average Bonchev–Trinajstić information content (AvgIpc) is 2.15. The molecule has 1 aliphatic carbocycles. The summed E-state index contributed by atoms with van der Waals surface area (Å²) in [6, 6.07) is 0. The third-order valence-corrected chi connectivity index (χ3v) is 1.58. The van der Waals surface area contributed by atoms with Crippen LogP contribution in [0.5, 0.6) is 0 Å². The van der Waals surface area contributed by atoms with Crippen molar-refractivity contribution in [1.29, 1.82) is 0 Å². The van der Waals surface area contributed by atoms with Gasteiger partial charge in [-0.1, -0.05) is 24.3 Å². The molecule has 0 N–H and O–H groups in total. The summed E-state index contributed by atoms with van der Waals surface area (Å²) in [5.41, 5.74) is 0.551. The van der Waals surface area contributed by atoms with Gasteiger partial charge >= 0.3 is 0 Å². The van der Waals surface area contributed by atoms with Crippen molar-refractivity contribution in [2.24, 2.45) is 5.92 Å². The lowest BCUT2D eigenvalue weighted by molar-refractivity contribution is -0.104. The topological polar surface area (TPSA) is 34.1 Å². The van der Waals surface area contributed by atoms with Crippen LogP contribution in [0.2, 0.25) is 0 Å². The summed E-state index contributed by atoms with van der Waals surface area (Å²) in [7, 11) is 0. The smallest absolute Gasteiger partial charge is 0.142 e. The second kappa shape index (κ2) is 4.27. The second-order valence-electron chi connectivity index (χ2n) is 2.35. The van der Waals surface area contributed by atoms with Crippen molar-refractivity contribution < 1.29 is 9.59 Å². The van der Waals surface area contributed by atoms with Crippen LogP contribution in [0.25, 0.3) is 0 Å². The maximum atomic E-state index is 10.4. The maximum Gasteiger partial charge on any atom is 0.142 e. The number of hydrogen-bond acceptors (Lipinski definition) is 2. The number of carbonyl (C=O) groups is 1. The molecular formula is C10H8O2. The SMILES string of the molecule is O=C=C1C=CC=CC1C=CC=O. The van der Waals surface area contributed by atoms with Gasteiger partial charge < -0.3 is 0 Å². The normalized spacial score (nSPS) is 21.3. The quantitative estimate of drug-likeness (QED) is 0.346. The Balaban J connectivity index is 2.83. The summed E-state index contributed by atoms with van der Waals surface area (Å²) in [5.74, 6) is 1.72. The molecule has 0 aliphatic heterocycles. The fraction of sp³-hybridized carbons (Fsp3) is 0.100. The Labute approximate surface area is 70.6 Å². The molecule has 0 aromatic heterocycles. The number of aldehydes is 1. The minimum atomic E-state index is -0.0994. The molecule has 1 atom stereocenters. The lowest BCUT2D eigenvalue weighted by atomic mass is 9.95. The van der Waals surface area contributed by atoms with E-state index in [1.807, 2.05) is 18.1 Å². The van der Waals surface area contributed by atoms with Crippen molar-refractivity contribution in [3.63, 3.8) is 0 Å². The van der Waals surface area contributed by atoms with Crippen LogP contribution in [-0.4, -0.2) is 12.2 Å². The fourth-order valence-electron chi connectivity index (χ4n) is 0.993. The fourth-order valence-corrected chi connectivity index (χ4v) is 0.993. The summed E-state index contributed by atoms with van der Waals surface area (Å²) >= 11 is 0. The second-order valence-corrected chi connectivity index (χ2v) is 2.35. The van der Waals surface area contributed by atoms with Crippen LogP contribution in [0.3, 0.4) is 0 Å². The van der Waals surface area contributed by atoms with Gasteiger partial charge in [-0.05, 0) is 12.2 Å². The maximum absolute atomic E-state index is 10.4. The van der Waals surface area contributed by atoms with Crippen molar-refractivity contribution in [3.05, 3.63) is 42.0 Å². The number of hydrogen-bond donors (Lipinski definition) is 0. The zero-order valence-electron chi connectivity index (χ0n) is 6.44. The lowest BCUT2D eigenvalue weighted by Gasteiger charge is -2.07. The Morgan fingerprint density at radius 3 is 2.92 bits per heavy atom. The molecule has 1 rings (SSSR count). The molecule has 2 nitrogen and oxygen atoms in total. The van der Waals surface area contributed by atoms with Crippen molar-refractivity contribution in [2.75, 3.05) is 0 Å². The molecule has 0 aromatic carbocycles. The summed E-state index contributed by atoms with van der Waals surface area (Å²) in [5, 5.41) is 0. The standard InChI is InChI=1S/C10H8O2/c11-7-3-6-9-4-1-2-5-10(9)8-12/h1-7,9H. The van der Waals surface area contributed by atoms with E-state index in [1.165, 1.54) is 6.08 Å². The summed E-state index contributed by atoms with van der Waals surface area (Å²) < 4.78 is 0. The molecule has 0 radical (unpaired) electrons. The molecule has 0 saturated heterocycles. The highest BCUT2D eigenvalue weighted by molar-refractivity contribution is 5.67. The highest BCUT2D eigenvalue weighted by Gasteiger charge is 2.07. The van der Waals surface area contributed by atoms with Crippen LogP contribution in [-0.2, 0) is 9.59 Å². The van der Waals surface area contributed by atoms with Crippen LogP contribution in [0.1, 0.15) is 0 Å². The molecule has 12 heavy (non-hydrogen) atoms. The molecule has 0 fully saturated rings. The zero-order chi connectivity index (χ0) is 8.81. The first-order valence-electron chi connectivity index (χ1n) is 3.60. The van der Waals surface area contributed by atoms with Crippen LogP contribution < -0.4 is 0 Å². The van der Waals surface area contributed by atoms with Gasteiger partial charge in [0.05, 0.1) is 0 Å². The van der Waals surface area contributed by atoms with Gasteiger partial charge in [-0.25, -0.2) is 4.79 Å². The molecule has 1 aliphatic rings. The molecule has 0 amide bonds. The van der Waals surface area contributed by atoms with E-state index in [9.17, 15) is 9.59 Å². The van der Waals surface area contributed by atoms with Crippen molar-refractivity contribution in [3.8, 4) is 0 Å². The van der Waals surface area contributed by atoms with Crippen LogP contribution >= 0.6 is 0 Å². The Bertz CT molecular complexity index is 302. The van der Waals surface area contributed by atoms with Gasteiger partial charge in [0.25, 0.3) is 0 Å². The largest absolute Gasteiger partial charge is 0.299 e. The van der Waals surface area contributed by atoms with E-state index in [2.05, 4.69) is 0 Å². The van der Waals surface area contributed by atoms with Gasteiger partial charge in [0.1, 0.15) is 12.2 Å². The summed E-state index contributed by atoms with van der Waals surface area (Å²) in [6.45, 7) is 0. The van der Waals surface area contributed by atoms with Gasteiger partial charge in [-0.3, -0.25) is 4.79 Å². The Kier molecular flexibility index (Phi) is 3.00. The first kappa shape index (κ1) is 8.44. The van der Waals surface area contributed by atoms with Crippen LogP contribution in [0.4, 0.5) is 0 Å². The van der Waals surface area contributed by atoms with E-state index in [0.717, 1.165) is 0 Å². The summed E-state index contributed by atoms with van der Waals surface area (Å²) in [4.78, 5) is 20.4. The van der Waals surface area contributed by atoms with Gasteiger partial charge in [0.2, 0.25) is 0 Å². The first-order chi connectivity index (χ1) is 5.88. The van der Waals surface area contributed by atoms with Crippen LogP contribution in [0.15, 0.2) is 42.0 Å². The third kappa shape index (κ3) is 1.91. The molecule has 2 heteroatoms. The Morgan fingerprint density at radius 1 is 1.42 bits per heavy atom. The lowest BCUT2D eigenvalue weighted by Crippen LogP contribution is -1.98. The van der Waals surface area contributed by atoms with Crippen LogP contribution in [0, 0.1) is 5.92 Å². The van der Waals surface area contributed by atoms with Crippen molar-refractivity contribution in [1.82, 2.24) is 0 Å². The molecule has 0 aromatic rings. The molecular weight excluding hydrogens is 152 g/mol. The molecule has 0 bridgehead atoms. The van der Waals surface area contributed by atoms with Gasteiger partial charge in [-0.15, -0.1) is 0 Å². The highest BCUT2D eigenvalue weighted by atomic mass is 16.1. The Morgan fingerprint density at radius 2 is 2.25 bits per heavy atom. The molecule has 0 saturated carbocycles. The first-order valence-corrected chi connectivity index (χ1v) is 3.60. The molecule has 1 unspecified atom stereocenters. The predicted molar refractivity (Wildman–Crippen MR) is 46.2 cm³/mol. The average molecular weight is 160 g/mol. The van der Waals surface area contributed by atoms with Gasteiger partial charge in [-0.2, -0.15) is 0 Å². The number of allylic oxidation sites excluding steroid dienone is 7. The minimum absolute atomic E-state index is 0.0994.